The number of carbonyl (C=O) groups excluding carboxylic acids is 1. The monoisotopic (exact) mass is 401 g/mol. The molecule has 1 amide bonds. The topological polar surface area (TPSA) is 78.5 Å². The Hall–Kier alpha value is -2.38. The molecule has 150 valence electrons. The molecule has 1 fully saturated rings. The number of para-hydroxylation sites is 2. The lowest BCUT2D eigenvalue weighted by atomic mass is 10.1. The lowest BCUT2D eigenvalue weighted by Crippen LogP contribution is -2.30. The van der Waals surface area contributed by atoms with Crippen molar-refractivity contribution >= 4 is 27.3 Å². The molecule has 0 unspecified atom stereocenters. The molecule has 0 saturated carbocycles. The Morgan fingerprint density at radius 2 is 1.61 bits per heavy atom. The van der Waals surface area contributed by atoms with Crippen LogP contribution in [0.3, 0.4) is 0 Å². The van der Waals surface area contributed by atoms with Gasteiger partial charge in [0.25, 0.3) is 5.91 Å². The summed E-state index contributed by atoms with van der Waals surface area (Å²) in [5.41, 5.74) is 2.21. The Kier molecular flexibility index (Phi) is 6.36. The fourth-order valence-electron chi connectivity index (χ4n) is 3.35. The zero-order chi connectivity index (χ0) is 20.1. The first kappa shape index (κ1) is 20.4. The van der Waals surface area contributed by atoms with Crippen LogP contribution in [0.2, 0.25) is 0 Å². The van der Waals surface area contributed by atoms with E-state index in [1.54, 1.807) is 13.8 Å². The van der Waals surface area contributed by atoms with Crippen molar-refractivity contribution in [3.05, 3.63) is 54.1 Å². The summed E-state index contributed by atoms with van der Waals surface area (Å²) in [6.45, 7) is 5.50. The van der Waals surface area contributed by atoms with E-state index in [0.717, 1.165) is 37.3 Å². The van der Waals surface area contributed by atoms with Gasteiger partial charge in [0.2, 0.25) is 10.0 Å². The van der Waals surface area contributed by atoms with Crippen molar-refractivity contribution < 1.29 is 13.2 Å². The lowest BCUT2D eigenvalue weighted by molar-refractivity contribution is 0.102. The summed E-state index contributed by atoms with van der Waals surface area (Å²) >= 11 is 0. The van der Waals surface area contributed by atoms with Crippen LogP contribution < -0.4 is 14.9 Å². The van der Waals surface area contributed by atoms with Crippen LogP contribution in [0.5, 0.6) is 0 Å². The second kappa shape index (κ2) is 8.75. The van der Waals surface area contributed by atoms with E-state index in [2.05, 4.69) is 14.9 Å². The van der Waals surface area contributed by atoms with Gasteiger partial charge in [-0.2, -0.15) is 0 Å². The van der Waals surface area contributed by atoms with Crippen molar-refractivity contribution in [3.8, 4) is 0 Å². The first-order valence-corrected chi connectivity index (χ1v) is 11.1. The van der Waals surface area contributed by atoms with Gasteiger partial charge in [0.05, 0.1) is 16.3 Å². The number of anilines is 2. The second-order valence-electron chi connectivity index (χ2n) is 7.32. The highest BCUT2D eigenvalue weighted by Crippen LogP contribution is 2.28. The van der Waals surface area contributed by atoms with E-state index < -0.39 is 10.0 Å². The van der Waals surface area contributed by atoms with Crippen LogP contribution in [0.15, 0.2) is 53.4 Å². The quantitative estimate of drug-likeness (QED) is 0.775. The molecule has 1 saturated heterocycles. The van der Waals surface area contributed by atoms with E-state index in [1.165, 1.54) is 30.7 Å². The van der Waals surface area contributed by atoms with E-state index in [1.807, 2.05) is 24.3 Å². The molecule has 0 spiro atoms. The van der Waals surface area contributed by atoms with Crippen molar-refractivity contribution in [3.63, 3.8) is 0 Å². The maximum atomic E-state index is 12.7. The van der Waals surface area contributed by atoms with E-state index in [4.69, 9.17) is 0 Å². The molecule has 0 atom stereocenters. The predicted octanol–water partition coefficient (Wildman–Crippen LogP) is 3.62. The summed E-state index contributed by atoms with van der Waals surface area (Å²) in [6.07, 6.45) is 3.55. The normalized spacial score (nSPS) is 14.9. The molecule has 1 aliphatic heterocycles. The fraction of sp³-hybridized carbons (Fsp3) is 0.381. The number of sulfonamides is 1. The van der Waals surface area contributed by atoms with E-state index in [-0.39, 0.29) is 16.8 Å². The number of rotatable bonds is 6. The first-order chi connectivity index (χ1) is 13.4. The van der Waals surface area contributed by atoms with Gasteiger partial charge in [-0.15, -0.1) is 0 Å². The van der Waals surface area contributed by atoms with Crippen LogP contribution in [-0.2, 0) is 10.0 Å². The second-order valence-corrected chi connectivity index (χ2v) is 9.03. The number of hydrogen-bond acceptors (Lipinski definition) is 4. The smallest absolute Gasteiger partial charge is 0.255 e. The van der Waals surface area contributed by atoms with E-state index in [9.17, 15) is 13.2 Å². The van der Waals surface area contributed by atoms with Crippen LogP contribution in [0, 0.1) is 0 Å². The van der Waals surface area contributed by atoms with Gasteiger partial charge in [-0.25, -0.2) is 13.1 Å². The molecule has 2 N–H and O–H groups in total. The van der Waals surface area contributed by atoms with Gasteiger partial charge >= 0.3 is 0 Å². The molecular formula is C21H27N3O3S. The number of benzene rings is 2. The molecule has 2 aromatic carbocycles. The van der Waals surface area contributed by atoms with Gasteiger partial charge < -0.3 is 10.2 Å². The van der Waals surface area contributed by atoms with Gasteiger partial charge in [0.1, 0.15) is 0 Å². The SMILES string of the molecule is CC(C)NS(=O)(=O)c1ccc(C(=O)Nc2ccccc2N2CCCCC2)cc1. The molecule has 6 nitrogen and oxygen atoms in total. The predicted molar refractivity (Wildman–Crippen MR) is 112 cm³/mol. The van der Waals surface area contributed by atoms with Gasteiger partial charge in [-0.1, -0.05) is 12.1 Å². The van der Waals surface area contributed by atoms with Crippen LogP contribution in [-0.4, -0.2) is 33.5 Å². The molecule has 1 heterocycles. The maximum absolute atomic E-state index is 12.7. The van der Waals surface area contributed by atoms with Crippen LogP contribution in [0.4, 0.5) is 11.4 Å². The Bertz CT molecular complexity index is 918. The Morgan fingerprint density at radius 1 is 0.964 bits per heavy atom. The molecule has 7 heteroatoms. The van der Waals surface area contributed by atoms with Crippen molar-refractivity contribution in [2.75, 3.05) is 23.3 Å². The zero-order valence-electron chi connectivity index (χ0n) is 16.3. The van der Waals surface area contributed by atoms with Crippen molar-refractivity contribution in [1.82, 2.24) is 4.72 Å². The number of nitrogens with one attached hydrogen (secondary N) is 2. The van der Waals surface area contributed by atoms with Crippen molar-refractivity contribution in [2.24, 2.45) is 0 Å². The van der Waals surface area contributed by atoms with Crippen molar-refractivity contribution in [1.29, 1.82) is 0 Å². The standard InChI is InChI=1S/C21H27N3O3S/c1-16(2)23-28(26,27)18-12-10-17(11-13-18)21(25)22-19-8-4-5-9-20(19)24-14-6-3-7-15-24/h4-5,8-13,16,23H,3,6-7,14-15H2,1-2H3,(H,22,25). The highest BCUT2D eigenvalue weighted by molar-refractivity contribution is 7.89. The molecule has 0 bridgehead atoms. The van der Waals surface area contributed by atoms with Crippen LogP contribution in [0.1, 0.15) is 43.5 Å². The van der Waals surface area contributed by atoms with Crippen LogP contribution >= 0.6 is 0 Å². The molecule has 0 radical (unpaired) electrons. The third-order valence-corrected chi connectivity index (χ3v) is 6.34. The van der Waals surface area contributed by atoms with Crippen molar-refractivity contribution in [2.45, 2.75) is 44.0 Å². The Balaban J connectivity index is 1.75. The minimum atomic E-state index is -3.57. The Labute approximate surface area is 167 Å². The minimum absolute atomic E-state index is 0.145. The third-order valence-electron chi connectivity index (χ3n) is 4.67. The largest absolute Gasteiger partial charge is 0.370 e. The molecule has 1 aliphatic rings. The number of carbonyl (C=O) groups is 1. The fourth-order valence-corrected chi connectivity index (χ4v) is 4.60. The molecule has 0 aliphatic carbocycles. The minimum Gasteiger partial charge on any atom is -0.370 e. The number of nitrogens with zero attached hydrogens (tertiary/aromatic N) is 1. The summed E-state index contributed by atoms with van der Waals surface area (Å²) in [5, 5.41) is 2.97. The van der Waals surface area contributed by atoms with Crippen LogP contribution in [0.25, 0.3) is 0 Å². The van der Waals surface area contributed by atoms with Gasteiger partial charge in [-0.3, -0.25) is 4.79 Å². The molecule has 0 aromatic heterocycles. The van der Waals surface area contributed by atoms with E-state index in [0.29, 0.717) is 5.56 Å². The number of amides is 1. The summed E-state index contributed by atoms with van der Waals surface area (Å²) in [7, 11) is -3.57. The highest BCUT2D eigenvalue weighted by atomic mass is 32.2. The van der Waals surface area contributed by atoms with E-state index >= 15 is 0 Å². The molecular weight excluding hydrogens is 374 g/mol. The summed E-state index contributed by atoms with van der Waals surface area (Å²) in [4.78, 5) is 15.1. The lowest BCUT2D eigenvalue weighted by Gasteiger charge is -2.30. The molecule has 2 aromatic rings. The summed E-state index contributed by atoms with van der Waals surface area (Å²) in [6, 6.07) is 13.6. The number of piperidine rings is 1. The summed E-state index contributed by atoms with van der Waals surface area (Å²) in [5.74, 6) is -0.259. The third kappa shape index (κ3) is 4.91. The zero-order valence-corrected chi connectivity index (χ0v) is 17.1. The average Bonchev–Trinajstić information content (AvgIpc) is 2.68. The maximum Gasteiger partial charge on any atom is 0.255 e. The molecule has 3 rings (SSSR count). The molecule has 28 heavy (non-hydrogen) atoms. The number of hydrogen-bond donors (Lipinski definition) is 2. The highest BCUT2D eigenvalue weighted by Gasteiger charge is 2.18. The van der Waals surface area contributed by atoms with Gasteiger partial charge in [-0.05, 0) is 69.5 Å². The Morgan fingerprint density at radius 3 is 2.25 bits per heavy atom. The average molecular weight is 402 g/mol. The summed E-state index contributed by atoms with van der Waals surface area (Å²) < 4.78 is 27.0. The van der Waals surface area contributed by atoms with Gasteiger partial charge in [0, 0.05) is 24.7 Å². The van der Waals surface area contributed by atoms with Gasteiger partial charge in [0.15, 0.2) is 0 Å². The first-order valence-electron chi connectivity index (χ1n) is 9.64.